The molecule has 1 aromatic rings. The molecule has 5 heteroatoms. The summed E-state index contributed by atoms with van der Waals surface area (Å²) in [6.45, 7) is 9.69. The molecule has 130 valence electrons. The SMILES string of the molecule is CCO[C@@H](B1OC2C[C@@H]3C[C@@H](C3(C)C)[C@]2(C)O1)c1ccc(Br)cc1. The lowest BCUT2D eigenvalue weighted by atomic mass is 9.43. The van der Waals surface area contributed by atoms with E-state index in [0.717, 1.165) is 22.4 Å². The molecule has 2 bridgehead atoms. The largest absolute Gasteiger partial charge is 0.493 e. The number of hydrogen-bond acceptors (Lipinski definition) is 3. The predicted molar refractivity (Wildman–Crippen MR) is 98.6 cm³/mol. The summed E-state index contributed by atoms with van der Waals surface area (Å²) in [4.78, 5) is 0. The standard InChI is InChI=1S/C19H26BBrO3/c1-5-22-17(12-6-8-14(21)9-7-12)20-23-16-11-13-10-15(18(13,2)3)19(16,4)24-20/h6-9,13,15-17H,5,10-11H2,1-4H3/t13-,15-,16?,17+,19-/m0/s1. The summed E-state index contributed by atoms with van der Waals surface area (Å²) < 4.78 is 20.1. The van der Waals surface area contributed by atoms with Crippen LogP contribution in [0.3, 0.4) is 0 Å². The Morgan fingerprint density at radius 3 is 2.58 bits per heavy atom. The molecule has 1 saturated heterocycles. The van der Waals surface area contributed by atoms with Crippen molar-refractivity contribution in [2.75, 3.05) is 6.61 Å². The van der Waals surface area contributed by atoms with Crippen molar-refractivity contribution in [3.8, 4) is 0 Å². The van der Waals surface area contributed by atoms with Crippen LogP contribution in [0.15, 0.2) is 28.7 Å². The topological polar surface area (TPSA) is 27.7 Å². The minimum atomic E-state index is -0.323. The van der Waals surface area contributed by atoms with E-state index in [1.54, 1.807) is 0 Å². The van der Waals surface area contributed by atoms with Gasteiger partial charge < -0.3 is 14.0 Å². The fraction of sp³-hybridized carbons (Fsp3) is 0.684. The van der Waals surface area contributed by atoms with Gasteiger partial charge in [0.05, 0.1) is 11.7 Å². The fourth-order valence-corrected chi connectivity index (χ4v) is 5.46. The van der Waals surface area contributed by atoms with Gasteiger partial charge in [0, 0.05) is 11.1 Å². The first-order valence-corrected chi connectivity index (χ1v) is 9.86. The van der Waals surface area contributed by atoms with Gasteiger partial charge in [0.15, 0.2) is 0 Å². The molecule has 24 heavy (non-hydrogen) atoms. The molecular weight excluding hydrogens is 367 g/mol. The minimum absolute atomic E-state index is 0.175. The third-order valence-electron chi connectivity index (χ3n) is 6.76. The van der Waals surface area contributed by atoms with Crippen LogP contribution in [0.5, 0.6) is 0 Å². The van der Waals surface area contributed by atoms with Crippen molar-refractivity contribution in [2.45, 2.75) is 58.2 Å². The maximum Gasteiger partial charge on any atom is 0.493 e. The zero-order valence-electron chi connectivity index (χ0n) is 14.9. The predicted octanol–water partition coefficient (Wildman–Crippen LogP) is 4.79. The van der Waals surface area contributed by atoms with Crippen molar-refractivity contribution in [2.24, 2.45) is 17.3 Å². The number of hydrogen-bond donors (Lipinski definition) is 0. The zero-order chi connectivity index (χ0) is 17.1. The van der Waals surface area contributed by atoms with Crippen LogP contribution in [-0.2, 0) is 14.0 Å². The highest BCUT2D eigenvalue weighted by atomic mass is 79.9. The Hall–Kier alpha value is -0.355. The molecule has 0 amide bonds. The van der Waals surface area contributed by atoms with Gasteiger partial charge in [-0.3, -0.25) is 0 Å². The molecular formula is C19H26BBrO3. The first-order chi connectivity index (χ1) is 11.4. The van der Waals surface area contributed by atoms with Gasteiger partial charge in [0.2, 0.25) is 0 Å². The number of benzene rings is 1. The summed E-state index contributed by atoms with van der Waals surface area (Å²) in [5.41, 5.74) is 1.29. The zero-order valence-corrected chi connectivity index (χ0v) is 16.5. The molecule has 1 unspecified atom stereocenters. The van der Waals surface area contributed by atoms with E-state index in [9.17, 15) is 0 Å². The van der Waals surface area contributed by atoms with Crippen LogP contribution in [0.25, 0.3) is 0 Å². The van der Waals surface area contributed by atoms with E-state index in [0.29, 0.717) is 17.9 Å². The normalized spacial score (nSPS) is 37.7. The van der Waals surface area contributed by atoms with Crippen molar-refractivity contribution in [3.63, 3.8) is 0 Å². The van der Waals surface area contributed by atoms with Crippen molar-refractivity contribution in [3.05, 3.63) is 34.3 Å². The molecule has 3 saturated carbocycles. The smallest absolute Gasteiger partial charge is 0.403 e. The molecule has 3 nitrogen and oxygen atoms in total. The van der Waals surface area contributed by atoms with Gasteiger partial charge in [-0.1, -0.05) is 41.9 Å². The highest BCUT2D eigenvalue weighted by molar-refractivity contribution is 9.10. The van der Waals surface area contributed by atoms with Gasteiger partial charge in [-0.2, -0.15) is 0 Å². The number of ether oxygens (including phenoxy) is 1. The summed E-state index contributed by atoms with van der Waals surface area (Å²) in [7, 11) is -0.323. The summed E-state index contributed by atoms with van der Waals surface area (Å²) >= 11 is 3.50. The van der Waals surface area contributed by atoms with E-state index < -0.39 is 0 Å². The molecule has 0 aromatic heterocycles. The third-order valence-corrected chi connectivity index (χ3v) is 7.29. The quantitative estimate of drug-likeness (QED) is 0.689. The Labute approximate surface area is 153 Å². The van der Waals surface area contributed by atoms with Crippen LogP contribution in [0.4, 0.5) is 0 Å². The maximum absolute atomic E-state index is 6.58. The van der Waals surface area contributed by atoms with Crippen molar-refractivity contribution in [1.82, 2.24) is 0 Å². The highest BCUT2D eigenvalue weighted by Gasteiger charge is 2.68. The Balaban J connectivity index is 1.59. The van der Waals surface area contributed by atoms with Gasteiger partial charge in [-0.25, -0.2) is 0 Å². The first-order valence-electron chi connectivity index (χ1n) is 9.06. The number of halogens is 1. The molecule has 0 spiro atoms. The second-order valence-electron chi connectivity index (χ2n) is 8.26. The summed E-state index contributed by atoms with van der Waals surface area (Å²) in [6.07, 6.45) is 2.57. The minimum Gasteiger partial charge on any atom is -0.403 e. The fourth-order valence-electron chi connectivity index (χ4n) is 5.19. The molecule has 0 radical (unpaired) electrons. The van der Waals surface area contributed by atoms with Crippen molar-refractivity contribution < 1.29 is 14.0 Å². The Bertz CT molecular complexity index is 620. The van der Waals surface area contributed by atoms with Crippen molar-refractivity contribution in [1.29, 1.82) is 0 Å². The molecule has 4 fully saturated rings. The molecule has 1 aliphatic heterocycles. The van der Waals surface area contributed by atoms with Gasteiger partial charge >= 0.3 is 7.12 Å². The average molecular weight is 393 g/mol. The average Bonchev–Trinajstić information content (AvgIpc) is 2.90. The molecule has 3 aliphatic carbocycles. The molecule has 0 N–H and O–H groups in total. The van der Waals surface area contributed by atoms with Crippen LogP contribution >= 0.6 is 15.9 Å². The molecule has 4 aliphatic rings. The first kappa shape index (κ1) is 17.1. The lowest BCUT2D eigenvalue weighted by molar-refractivity contribution is -0.199. The van der Waals surface area contributed by atoms with E-state index in [1.807, 2.05) is 19.1 Å². The second kappa shape index (κ2) is 5.83. The molecule has 1 aromatic carbocycles. The van der Waals surface area contributed by atoms with Gasteiger partial charge in [-0.05, 0) is 61.6 Å². The summed E-state index contributed by atoms with van der Waals surface area (Å²) in [5.74, 6) is 1.34. The van der Waals surface area contributed by atoms with Crippen LogP contribution in [-0.4, -0.2) is 25.4 Å². The van der Waals surface area contributed by atoms with Crippen LogP contribution in [0, 0.1) is 17.3 Å². The molecule has 5 atom stereocenters. The summed E-state index contributed by atoms with van der Waals surface area (Å²) in [5, 5.41) is 0. The van der Waals surface area contributed by atoms with Crippen molar-refractivity contribution >= 4 is 23.0 Å². The Morgan fingerprint density at radius 1 is 1.25 bits per heavy atom. The van der Waals surface area contributed by atoms with E-state index in [-0.39, 0.29) is 24.8 Å². The monoisotopic (exact) mass is 392 g/mol. The van der Waals surface area contributed by atoms with Gasteiger partial charge in [0.25, 0.3) is 0 Å². The lowest BCUT2D eigenvalue weighted by Gasteiger charge is -2.64. The van der Waals surface area contributed by atoms with E-state index in [4.69, 9.17) is 14.0 Å². The Kier molecular flexibility index (Phi) is 4.15. The van der Waals surface area contributed by atoms with Crippen LogP contribution in [0.2, 0.25) is 0 Å². The summed E-state index contributed by atoms with van der Waals surface area (Å²) in [6, 6.07) is 8.10. The Morgan fingerprint density at radius 2 is 1.96 bits per heavy atom. The van der Waals surface area contributed by atoms with E-state index >= 15 is 0 Å². The van der Waals surface area contributed by atoms with E-state index in [2.05, 4.69) is 48.8 Å². The lowest BCUT2D eigenvalue weighted by Crippen LogP contribution is -2.65. The molecule has 5 rings (SSSR count). The third kappa shape index (κ3) is 2.43. The van der Waals surface area contributed by atoms with Crippen LogP contribution in [0.1, 0.15) is 52.1 Å². The molecule has 1 heterocycles. The maximum atomic E-state index is 6.58. The van der Waals surface area contributed by atoms with E-state index in [1.165, 1.54) is 6.42 Å². The van der Waals surface area contributed by atoms with Gasteiger partial charge in [-0.15, -0.1) is 0 Å². The van der Waals surface area contributed by atoms with Gasteiger partial charge in [0.1, 0.15) is 6.00 Å². The second-order valence-corrected chi connectivity index (χ2v) is 9.18. The van der Waals surface area contributed by atoms with Crippen LogP contribution < -0.4 is 0 Å². The number of rotatable bonds is 4. The highest BCUT2D eigenvalue weighted by Crippen LogP contribution is 2.66.